The van der Waals surface area contributed by atoms with E-state index in [4.69, 9.17) is 28.8 Å². The van der Waals surface area contributed by atoms with Gasteiger partial charge in [-0.3, -0.25) is 4.79 Å². The summed E-state index contributed by atoms with van der Waals surface area (Å²) < 4.78 is 0. The van der Waals surface area contributed by atoms with Crippen LogP contribution < -0.4 is 15.5 Å². The lowest BCUT2D eigenvalue weighted by molar-refractivity contribution is -0.119. The van der Waals surface area contributed by atoms with Crippen LogP contribution in [0.5, 0.6) is 0 Å². The Morgan fingerprint density at radius 1 is 1.19 bits per heavy atom. The number of hydrogen-bond donors (Lipinski definition) is 2. The van der Waals surface area contributed by atoms with Crippen molar-refractivity contribution < 1.29 is 4.79 Å². The largest absolute Gasteiger partial charge is 0.362 e. The molecule has 1 aliphatic rings. The fourth-order valence-electron chi connectivity index (χ4n) is 3.40. The lowest BCUT2D eigenvalue weighted by atomic mass is 10.0. The third-order valence-electron chi connectivity index (χ3n) is 4.95. The number of likely N-dealkylation sites (N-methyl/N-ethyl adjacent to an activating group) is 1. The van der Waals surface area contributed by atoms with E-state index in [2.05, 4.69) is 22.1 Å². The maximum absolute atomic E-state index is 13.2. The quantitative estimate of drug-likeness (QED) is 0.550. The Morgan fingerprint density at radius 2 is 2.00 bits per heavy atom. The van der Waals surface area contributed by atoms with E-state index in [1.165, 1.54) is 4.88 Å². The number of rotatable bonds is 5. The standard InChI is InChI=1S/C23H21ClN4OS2/c1-28-19-10-9-16(24)14-18(19)20(15-6-3-2-4-7-15)26-21(22(28)29)27-23(30)25-12-11-17-8-5-13-31-17/h2-10,13-14,21H,11-12H2,1H3,(H2,25,27,30). The maximum atomic E-state index is 13.2. The fraction of sp³-hybridized carbons (Fsp3) is 0.174. The third kappa shape index (κ3) is 4.95. The van der Waals surface area contributed by atoms with Crippen molar-refractivity contribution in [1.82, 2.24) is 10.6 Å². The summed E-state index contributed by atoms with van der Waals surface area (Å²) in [6, 6.07) is 19.3. The minimum atomic E-state index is -0.854. The summed E-state index contributed by atoms with van der Waals surface area (Å²) in [5, 5.41) is 9.28. The van der Waals surface area contributed by atoms with E-state index in [9.17, 15) is 4.79 Å². The minimum Gasteiger partial charge on any atom is -0.362 e. The second-order valence-electron chi connectivity index (χ2n) is 7.03. The molecule has 31 heavy (non-hydrogen) atoms. The minimum absolute atomic E-state index is 0.197. The molecule has 1 aromatic heterocycles. The summed E-state index contributed by atoms with van der Waals surface area (Å²) in [7, 11) is 1.74. The van der Waals surface area contributed by atoms with Gasteiger partial charge in [0, 0.05) is 34.6 Å². The van der Waals surface area contributed by atoms with Gasteiger partial charge in [0.2, 0.25) is 6.17 Å². The average Bonchev–Trinajstić information content (AvgIpc) is 3.26. The smallest absolute Gasteiger partial charge is 0.272 e. The molecule has 1 aliphatic heterocycles. The van der Waals surface area contributed by atoms with Gasteiger partial charge in [-0.25, -0.2) is 4.99 Å². The molecule has 5 nitrogen and oxygen atoms in total. The highest BCUT2D eigenvalue weighted by Crippen LogP contribution is 2.29. The second-order valence-corrected chi connectivity index (χ2v) is 8.91. The van der Waals surface area contributed by atoms with Crippen LogP contribution in [-0.2, 0) is 11.2 Å². The van der Waals surface area contributed by atoms with Gasteiger partial charge in [0.1, 0.15) is 0 Å². The maximum Gasteiger partial charge on any atom is 0.272 e. The number of carbonyl (C=O) groups is 1. The molecule has 1 amide bonds. The van der Waals surface area contributed by atoms with Crippen LogP contribution >= 0.6 is 35.2 Å². The molecule has 0 fully saturated rings. The first-order valence-electron chi connectivity index (χ1n) is 9.80. The Bertz CT molecular complexity index is 1120. The zero-order chi connectivity index (χ0) is 21.8. The van der Waals surface area contributed by atoms with Crippen molar-refractivity contribution >= 4 is 57.6 Å². The molecule has 2 heterocycles. The Hall–Kier alpha value is -2.74. The number of amides is 1. The Balaban J connectivity index is 1.60. The SMILES string of the molecule is CN1C(=O)C(NC(=S)NCCc2cccs2)N=C(c2ccccc2)c2cc(Cl)ccc21. The molecule has 0 bridgehead atoms. The number of thiophene rings is 1. The van der Waals surface area contributed by atoms with Gasteiger partial charge in [-0.05, 0) is 48.3 Å². The zero-order valence-corrected chi connectivity index (χ0v) is 19.2. The summed E-state index contributed by atoms with van der Waals surface area (Å²) in [6.07, 6.45) is 0.00799. The molecule has 158 valence electrons. The van der Waals surface area contributed by atoms with Gasteiger partial charge < -0.3 is 15.5 Å². The molecule has 3 aromatic rings. The lowest BCUT2D eigenvalue weighted by Crippen LogP contribution is -2.49. The number of fused-ring (bicyclic) bond motifs is 1. The lowest BCUT2D eigenvalue weighted by Gasteiger charge is -2.22. The highest BCUT2D eigenvalue weighted by molar-refractivity contribution is 7.80. The molecule has 0 saturated carbocycles. The second kappa shape index (κ2) is 9.60. The molecule has 1 atom stereocenters. The topological polar surface area (TPSA) is 56.7 Å². The number of thiocarbonyl (C=S) groups is 1. The van der Waals surface area contributed by atoms with Gasteiger partial charge in [-0.15, -0.1) is 11.3 Å². The van der Waals surface area contributed by atoms with Crippen LogP contribution in [0.3, 0.4) is 0 Å². The van der Waals surface area contributed by atoms with E-state index < -0.39 is 6.17 Å². The molecule has 2 aromatic carbocycles. The summed E-state index contributed by atoms with van der Waals surface area (Å²) >= 11 is 13.4. The highest BCUT2D eigenvalue weighted by Gasteiger charge is 2.30. The van der Waals surface area contributed by atoms with Crippen molar-refractivity contribution in [3.05, 3.63) is 87.1 Å². The molecule has 2 N–H and O–H groups in total. The van der Waals surface area contributed by atoms with Gasteiger partial charge in [-0.1, -0.05) is 48.0 Å². The van der Waals surface area contributed by atoms with Crippen molar-refractivity contribution in [3.8, 4) is 0 Å². The third-order valence-corrected chi connectivity index (χ3v) is 6.38. The van der Waals surface area contributed by atoms with Crippen LogP contribution in [0.2, 0.25) is 5.02 Å². The molecule has 0 radical (unpaired) electrons. The molecular weight excluding hydrogens is 448 g/mol. The van der Waals surface area contributed by atoms with Gasteiger partial charge >= 0.3 is 0 Å². The van der Waals surface area contributed by atoms with Crippen LogP contribution in [0.1, 0.15) is 16.0 Å². The highest BCUT2D eigenvalue weighted by atomic mass is 35.5. The van der Waals surface area contributed by atoms with Gasteiger partial charge in [0.05, 0.1) is 11.4 Å². The van der Waals surface area contributed by atoms with E-state index in [0.29, 0.717) is 22.4 Å². The summed E-state index contributed by atoms with van der Waals surface area (Å²) in [6.45, 7) is 0.675. The molecule has 4 rings (SSSR count). The molecule has 0 spiro atoms. The number of halogens is 1. The first-order chi connectivity index (χ1) is 15.0. The predicted molar refractivity (Wildman–Crippen MR) is 132 cm³/mol. The van der Waals surface area contributed by atoms with Gasteiger partial charge in [-0.2, -0.15) is 0 Å². The van der Waals surface area contributed by atoms with Gasteiger partial charge in [0.15, 0.2) is 5.11 Å². The van der Waals surface area contributed by atoms with Crippen molar-refractivity contribution in [3.63, 3.8) is 0 Å². The van der Waals surface area contributed by atoms with Gasteiger partial charge in [0.25, 0.3) is 5.91 Å². The Morgan fingerprint density at radius 3 is 2.74 bits per heavy atom. The number of hydrogen-bond acceptors (Lipinski definition) is 4. The van der Waals surface area contributed by atoms with Crippen molar-refractivity contribution in [1.29, 1.82) is 0 Å². The van der Waals surface area contributed by atoms with Crippen LogP contribution in [0.25, 0.3) is 0 Å². The predicted octanol–water partition coefficient (Wildman–Crippen LogP) is 4.25. The number of benzene rings is 2. The fourth-order valence-corrected chi connectivity index (χ4v) is 4.49. The Kier molecular flexibility index (Phi) is 6.65. The van der Waals surface area contributed by atoms with Crippen LogP contribution in [0.15, 0.2) is 71.0 Å². The number of anilines is 1. The number of nitrogens with one attached hydrogen (secondary N) is 2. The van der Waals surface area contributed by atoms with E-state index in [1.807, 2.05) is 48.5 Å². The Labute approximate surface area is 195 Å². The zero-order valence-electron chi connectivity index (χ0n) is 16.8. The van der Waals surface area contributed by atoms with E-state index in [1.54, 1.807) is 29.4 Å². The molecule has 8 heteroatoms. The molecular formula is C23H21ClN4OS2. The molecule has 0 aliphatic carbocycles. The normalized spacial score (nSPS) is 15.7. The number of aliphatic imine (C=N–C) groups is 1. The summed E-state index contributed by atoms with van der Waals surface area (Å²) in [4.78, 5) is 20.9. The van der Waals surface area contributed by atoms with Crippen LogP contribution in [-0.4, -0.2) is 36.5 Å². The number of benzodiazepines with no additional fused rings is 1. The van der Waals surface area contributed by atoms with E-state index in [-0.39, 0.29) is 5.91 Å². The number of nitrogens with zero attached hydrogens (tertiary/aromatic N) is 2. The van der Waals surface area contributed by atoms with Crippen LogP contribution in [0.4, 0.5) is 5.69 Å². The van der Waals surface area contributed by atoms with Crippen molar-refractivity contribution in [2.24, 2.45) is 4.99 Å². The van der Waals surface area contributed by atoms with E-state index >= 15 is 0 Å². The molecule has 1 unspecified atom stereocenters. The first kappa shape index (κ1) is 21.5. The first-order valence-corrected chi connectivity index (χ1v) is 11.5. The van der Waals surface area contributed by atoms with Crippen LogP contribution in [0, 0.1) is 0 Å². The monoisotopic (exact) mass is 468 g/mol. The van der Waals surface area contributed by atoms with E-state index in [0.717, 1.165) is 23.2 Å². The summed E-state index contributed by atoms with van der Waals surface area (Å²) in [5.74, 6) is -0.197. The van der Waals surface area contributed by atoms with Crippen molar-refractivity contribution in [2.75, 3.05) is 18.5 Å². The average molecular weight is 469 g/mol. The summed E-state index contributed by atoms with van der Waals surface area (Å²) in [5.41, 5.74) is 3.14. The number of carbonyl (C=O) groups excluding carboxylic acids is 1. The molecule has 0 saturated heterocycles. The van der Waals surface area contributed by atoms with Crippen molar-refractivity contribution in [2.45, 2.75) is 12.6 Å².